The number of hydrogen-bond acceptors (Lipinski definition) is 0. The van der Waals surface area contributed by atoms with Crippen LogP contribution in [-0.4, -0.2) is 3.21 Å². The van der Waals surface area contributed by atoms with Gasteiger partial charge in [0.25, 0.3) is 0 Å². The van der Waals surface area contributed by atoms with Crippen LogP contribution >= 0.6 is 0 Å². The summed E-state index contributed by atoms with van der Waals surface area (Å²) in [5, 5.41) is 5.40. The molecule has 0 aliphatic heterocycles. The van der Waals surface area contributed by atoms with Gasteiger partial charge in [0.1, 0.15) is 0 Å². The van der Waals surface area contributed by atoms with E-state index in [2.05, 4.69) is 115 Å². The third-order valence-corrected chi connectivity index (χ3v) is 8.61. The summed E-state index contributed by atoms with van der Waals surface area (Å²) in [4.78, 5) is 0. The number of halogens is 2. The molecule has 208 valence electrons. The van der Waals surface area contributed by atoms with Crippen molar-refractivity contribution < 1.29 is 49.0 Å². The molecule has 0 N–H and O–H groups in total. The van der Waals surface area contributed by atoms with Crippen molar-refractivity contribution in [3.63, 3.8) is 0 Å². The molecule has 1 saturated carbocycles. The van der Waals surface area contributed by atoms with Crippen molar-refractivity contribution in [2.45, 2.75) is 51.4 Å². The minimum atomic E-state index is 0. The molecule has 0 atom stereocenters. The Morgan fingerprint density at radius 3 is 1.49 bits per heavy atom. The molecular weight excluding hydrogens is 619 g/mol. The van der Waals surface area contributed by atoms with Crippen molar-refractivity contribution in [1.29, 1.82) is 0 Å². The Kier molecular flexibility index (Phi) is 14.1. The van der Waals surface area contributed by atoms with E-state index >= 15 is 0 Å². The zero-order valence-electron chi connectivity index (χ0n) is 23.5. The first-order valence-electron chi connectivity index (χ1n) is 14.2. The molecule has 0 heterocycles. The molecule has 7 rings (SSSR count). The van der Waals surface area contributed by atoms with E-state index in [0.29, 0.717) is 0 Å². The van der Waals surface area contributed by atoms with Gasteiger partial charge in [-0.2, -0.15) is 6.08 Å². The Morgan fingerprint density at radius 2 is 1.12 bits per heavy atom. The van der Waals surface area contributed by atoms with E-state index in [1.165, 1.54) is 75.9 Å². The average Bonchev–Trinajstić information content (AvgIpc) is 3.67. The molecule has 0 aromatic heterocycles. The summed E-state index contributed by atoms with van der Waals surface area (Å²) in [6.45, 7) is 0. The summed E-state index contributed by atoms with van der Waals surface area (Å²) in [5.41, 5.74) is 5.46. The first kappa shape index (κ1) is 33.1. The molecule has 2 aliphatic rings. The van der Waals surface area contributed by atoms with Gasteiger partial charge in [-0.1, -0.05) is 96.1 Å². The Hall–Kier alpha value is -2.44. The second kappa shape index (κ2) is 17.5. The van der Waals surface area contributed by atoms with Crippen LogP contribution in [0.3, 0.4) is 0 Å². The summed E-state index contributed by atoms with van der Waals surface area (Å²) in [5.74, 6) is 0. The van der Waals surface area contributed by atoms with Crippen molar-refractivity contribution in [3.8, 4) is 0 Å². The molecule has 0 saturated heterocycles. The van der Waals surface area contributed by atoms with Crippen LogP contribution in [0.25, 0.3) is 21.5 Å². The third-order valence-electron chi connectivity index (χ3n) is 7.38. The quantitative estimate of drug-likeness (QED) is 0.259. The van der Waals surface area contributed by atoms with Gasteiger partial charge >= 0.3 is 59.5 Å². The van der Waals surface area contributed by atoms with Gasteiger partial charge < -0.3 is 24.8 Å². The summed E-state index contributed by atoms with van der Waals surface area (Å²) in [6, 6.07) is 37.5. The third kappa shape index (κ3) is 10.1. The van der Waals surface area contributed by atoms with E-state index < -0.39 is 0 Å². The minimum absolute atomic E-state index is 0. The maximum absolute atomic E-state index is 2.99. The predicted molar refractivity (Wildman–Crippen MR) is 165 cm³/mol. The first-order chi connectivity index (χ1) is 19.2. The number of benzene rings is 4. The summed E-state index contributed by atoms with van der Waals surface area (Å²) >= 11 is 1.69. The molecule has 0 radical (unpaired) electrons. The van der Waals surface area contributed by atoms with Crippen LogP contribution in [0.1, 0.15) is 60.8 Å². The van der Waals surface area contributed by atoms with Gasteiger partial charge in [-0.15, -0.1) is 46.2 Å². The first-order valence-corrected chi connectivity index (χ1v) is 15.4. The molecule has 0 bridgehead atoms. The summed E-state index contributed by atoms with van der Waals surface area (Å²) < 4.78 is 1.80. The van der Waals surface area contributed by atoms with E-state index in [-0.39, 0.29) is 24.8 Å². The fourth-order valence-electron chi connectivity index (χ4n) is 5.29. The standard InChI is InChI=1S/C27H21.C6H10.C5H5.2ClH.Zr/c1-3-7-20(8-4-1)15-22-11-13-24-19-25-14-12-23(18-27(25)26(24)17-22)16-21-9-5-2-6-10-21;1-2-4-6-5-3-1;1-2-4-5-3-1;;;/h1-14,17-19H,15-16H2;1-5H2;1-3H,4H2;2*1H;/q-1;;-1;;;+2/p-2. The van der Waals surface area contributed by atoms with E-state index in [9.17, 15) is 0 Å². The van der Waals surface area contributed by atoms with Crippen LogP contribution in [-0.2, 0) is 37.1 Å². The van der Waals surface area contributed by atoms with Gasteiger partial charge in [0, 0.05) is 0 Å². The predicted octanol–water partition coefficient (Wildman–Crippen LogP) is 3.88. The summed E-state index contributed by atoms with van der Waals surface area (Å²) in [7, 11) is 0. The monoisotopic (exact) mass is 652 g/mol. The Labute approximate surface area is 273 Å². The molecule has 0 amide bonds. The van der Waals surface area contributed by atoms with Crippen LogP contribution in [0.5, 0.6) is 0 Å². The van der Waals surface area contributed by atoms with Crippen LogP contribution < -0.4 is 24.8 Å². The van der Waals surface area contributed by atoms with Crippen molar-refractivity contribution in [1.82, 2.24) is 0 Å². The number of rotatable bonds is 4. The van der Waals surface area contributed by atoms with Gasteiger partial charge in [0.15, 0.2) is 0 Å². The topological polar surface area (TPSA) is 0 Å². The Bertz CT molecular complexity index is 1450. The average molecular weight is 655 g/mol. The van der Waals surface area contributed by atoms with Gasteiger partial charge in [-0.05, 0) is 24.0 Å². The SMILES string of the molecule is [C-]1=CC=CC1.[Cl-].[Cl-].[Zr+2]=[C]1CCCCC1.c1ccc(Cc2ccc3[cH-]c4ccc(Cc5ccccc5)cc4c3c2)cc1. The number of hydrogen-bond donors (Lipinski definition) is 0. The van der Waals surface area contributed by atoms with Gasteiger partial charge in [-0.25, -0.2) is 12.2 Å². The second-order valence-corrected chi connectivity index (χ2v) is 12.2. The molecule has 2 aliphatic carbocycles. The van der Waals surface area contributed by atoms with Gasteiger partial charge in [0.2, 0.25) is 0 Å². The Balaban J connectivity index is 0.000000275. The fourth-order valence-corrected chi connectivity index (χ4v) is 6.16. The zero-order valence-corrected chi connectivity index (χ0v) is 27.4. The summed E-state index contributed by atoms with van der Waals surface area (Å²) in [6.07, 6.45) is 19.3. The molecule has 5 aromatic rings. The smallest absolute Gasteiger partial charge is 0.00385 e. The maximum atomic E-state index is 2.99. The molecule has 41 heavy (non-hydrogen) atoms. The van der Waals surface area contributed by atoms with Gasteiger partial charge in [-0.3, -0.25) is 6.08 Å². The molecule has 0 spiro atoms. The Morgan fingerprint density at radius 1 is 0.610 bits per heavy atom. The van der Waals surface area contributed by atoms with Crippen molar-refractivity contribution in [2.75, 3.05) is 0 Å². The minimum Gasteiger partial charge on any atom is -0.126 e. The second-order valence-electron chi connectivity index (χ2n) is 10.5. The molecular formula is C38H36Cl2Zr-2. The normalized spacial score (nSPS) is 13.5. The van der Waals surface area contributed by atoms with E-state index in [1.54, 1.807) is 27.4 Å². The molecule has 1 fully saturated rings. The number of fused-ring (bicyclic) bond motifs is 3. The van der Waals surface area contributed by atoms with Crippen LogP contribution in [0.2, 0.25) is 0 Å². The zero-order chi connectivity index (χ0) is 26.7. The van der Waals surface area contributed by atoms with Crippen molar-refractivity contribution in [2.24, 2.45) is 0 Å². The van der Waals surface area contributed by atoms with Crippen LogP contribution in [0.15, 0.2) is 121 Å². The molecule has 3 heteroatoms. The van der Waals surface area contributed by atoms with Crippen LogP contribution in [0, 0.1) is 6.08 Å². The van der Waals surface area contributed by atoms with Crippen molar-refractivity contribution in [3.05, 3.63) is 150 Å². The molecule has 5 aromatic carbocycles. The largest absolute Gasteiger partial charge is 0.126 e. The fraction of sp³-hybridized carbons (Fsp3) is 0.211. The van der Waals surface area contributed by atoms with E-state index in [0.717, 1.165) is 19.3 Å². The maximum Gasteiger partial charge on any atom is -0.00385 e. The van der Waals surface area contributed by atoms with E-state index in [1.807, 2.05) is 12.2 Å². The van der Waals surface area contributed by atoms with Gasteiger partial charge in [0.05, 0.1) is 0 Å². The van der Waals surface area contributed by atoms with E-state index in [4.69, 9.17) is 0 Å². The molecule has 0 nitrogen and oxygen atoms in total. The van der Waals surface area contributed by atoms with Crippen molar-refractivity contribution >= 4 is 24.8 Å². The molecule has 0 unspecified atom stereocenters. The number of allylic oxidation sites excluding steroid dienone is 4. The van der Waals surface area contributed by atoms with Crippen LogP contribution in [0.4, 0.5) is 0 Å².